The molecular formula is C16H23NO6S2. The van der Waals surface area contributed by atoms with Gasteiger partial charge in [-0.2, -0.15) is 0 Å². The van der Waals surface area contributed by atoms with Crippen molar-refractivity contribution in [1.82, 2.24) is 4.90 Å². The second kappa shape index (κ2) is 8.46. The van der Waals surface area contributed by atoms with Gasteiger partial charge < -0.3 is 24.6 Å². The Bertz CT molecular complexity index is 591. The lowest BCUT2D eigenvalue weighted by atomic mass is 9.83. The average Bonchev–Trinajstić information content (AvgIpc) is 2.81. The number of carboxylic acids is 1. The SMILES string of the molecule is CCOC(=O)C[S+](C)CCSC1=C(C(=O)[O-])N2C(=O)C([C@@H](C)O)C2C1. The first kappa shape index (κ1) is 20.1. The van der Waals surface area contributed by atoms with Gasteiger partial charge in [0.1, 0.15) is 5.75 Å². The molecule has 0 bridgehead atoms. The van der Waals surface area contributed by atoms with E-state index >= 15 is 0 Å². The number of fused-ring (bicyclic) bond motifs is 1. The molecule has 2 aliphatic rings. The summed E-state index contributed by atoms with van der Waals surface area (Å²) >= 11 is 1.39. The van der Waals surface area contributed by atoms with Gasteiger partial charge in [-0.25, -0.2) is 4.79 Å². The molecule has 9 heteroatoms. The maximum Gasteiger partial charge on any atom is 0.356 e. The molecule has 2 rings (SSSR count). The smallest absolute Gasteiger partial charge is 0.356 e. The molecule has 0 aliphatic carbocycles. The van der Waals surface area contributed by atoms with Crippen LogP contribution in [0, 0.1) is 5.92 Å². The molecule has 0 spiro atoms. The zero-order valence-electron chi connectivity index (χ0n) is 14.5. The Balaban J connectivity index is 1.92. The summed E-state index contributed by atoms with van der Waals surface area (Å²) in [4.78, 5) is 36.9. The molecule has 2 heterocycles. The number of aliphatic carboxylic acids is 1. The molecule has 2 aliphatic heterocycles. The lowest BCUT2D eigenvalue weighted by Gasteiger charge is -2.45. The molecule has 25 heavy (non-hydrogen) atoms. The summed E-state index contributed by atoms with van der Waals surface area (Å²) < 4.78 is 4.92. The number of carbonyl (C=O) groups is 3. The number of ether oxygens (including phenoxy) is 1. The quantitative estimate of drug-likeness (QED) is 0.309. The third-order valence-corrected chi connectivity index (χ3v) is 7.26. The predicted molar refractivity (Wildman–Crippen MR) is 94.6 cm³/mol. The molecule has 1 amide bonds. The maximum absolute atomic E-state index is 12.1. The van der Waals surface area contributed by atoms with Crippen molar-refractivity contribution in [2.45, 2.75) is 32.4 Å². The van der Waals surface area contributed by atoms with Crippen molar-refractivity contribution in [3.63, 3.8) is 0 Å². The van der Waals surface area contributed by atoms with Gasteiger partial charge in [-0.1, -0.05) is 0 Å². The number of rotatable bonds is 9. The number of aliphatic hydroxyl groups excluding tert-OH is 1. The highest BCUT2D eigenvalue weighted by Crippen LogP contribution is 2.46. The summed E-state index contributed by atoms with van der Waals surface area (Å²) in [7, 11) is -0.148. The largest absolute Gasteiger partial charge is 0.543 e. The first-order valence-electron chi connectivity index (χ1n) is 8.11. The van der Waals surface area contributed by atoms with Crippen LogP contribution in [-0.2, 0) is 30.0 Å². The zero-order valence-corrected chi connectivity index (χ0v) is 16.2. The van der Waals surface area contributed by atoms with E-state index in [9.17, 15) is 24.6 Å². The molecule has 1 fully saturated rings. The number of carboxylic acid groups (broad SMARTS) is 1. The van der Waals surface area contributed by atoms with Crippen molar-refractivity contribution >= 4 is 40.5 Å². The van der Waals surface area contributed by atoms with Crippen LogP contribution < -0.4 is 5.11 Å². The van der Waals surface area contributed by atoms with Crippen LogP contribution >= 0.6 is 11.8 Å². The van der Waals surface area contributed by atoms with Crippen LogP contribution in [0.15, 0.2) is 10.6 Å². The Morgan fingerprint density at radius 1 is 1.52 bits per heavy atom. The molecule has 7 nitrogen and oxygen atoms in total. The summed E-state index contributed by atoms with van der Waals surface area (Å²) in [6, 6.07) is -0.290. The fourth-order valence-electron chi connectivity index (χ4n) is 3.13. The van der Waals surface area contributed by atoms with Gasteiger partial charge in [0.2, 0.25) is 11.7 Å². The average molecular weight is 389 g/mol. The van der Waals surface area contributed by atoms with Gasteiger partial charge in [0.05, 0.1) is 42.6 Å². The van der Waals surface area contributed by atoms with Gasteiger partial charge >= 0.3 is 5.97 Å². The number of carbonyl (C=O) groups excluding carboxylic acids is 3. The van der Waals surface area contributed by atoms with E-state index < -0.39 is 18.0 Å². The first-order valence-corrected chi connectivity index (χ1v) is 11.1. The number of thioether (sulfide) groups is 1. The molecule has 0 aromatic carbocycles. The molecule has 0 saturated carbocycles. The number of aliphatic hydroxyl groups is 1. The molecule has 3 unspecified atom stereocenters. The van der Waals surface area contributed by atoms with Crippen molar-refractivity contribution in [2.75, 3.05) is 30.1 Å². The topological polar surface area (TPSA) is 107 Å². The number of nitrogens with zero attached hydrogens (tertiary/aromatic N) is 1. The fraction of sp³-hybridized carbons (Fsp3) is 0.688. The van der Waals surface area contributed by atoms with Crippen molar-refractivity contribution in [1.29, 1.82) is 0 Å². The fourth-order valence-corrected chi connectivity index (χ4v) is 6.09. The van der Waals surface area contributed by atoms with Crippen molar-refractivity contribution in [3.05, 3.63) is 10.6 Å². The zero-order chi connectivity index (χ0) is 18.7. The van der Waals surface area contributed by atoms with Crippen LogP contribution in [-0.4, -0.2) is 70.1 Å². The molecule has 0 radical (unpaired) electrons. The minimum Gasteiger partial charge on any atom is -0.543 e. The van der Waals surface area contributed by atoms with Gasteiger partial charge in [-0.05, 0) is 24.7 Å². The summed E-state index contributed by atoms with van der Waals surface area (Å²) in [5.74, 6) is -0.708. The van der Waals surface area contributed by atoms with E-state index in [-0.39, 0.29) is 34.5 Å². The van der Waals surface area contributed by atoms with E-state index in [2.05, 4.69) is 0 Å². The van der Waals surface area contributed by atoms with Crippen molar-refractivity contribution in [3.8, 4) is 0 Å². The second-order valence-corrected chi connectivity index (χ2v) is 9.54. The van der Waals surface area contributed by atoms with E-state index in [1.165, 1.54) is 16.7 Å². The summed E-state index contributed by atoms with van der Waals surface area (Å²) in [6.07, 6.45) is 1.61. The van der Waals surface area contributed by atoms with E-state index in [1.54, 1.807) is 13.8 Å². The van der Waals surface area contributed by atoms with E-state index in [0.717, 1.165) is 5.75 Å². The Hall–Kier alpha value is -1.19. The molecular weight excluding hydrogens is 366 g/mol. The van der Waals surface area contributed by atoms with Gasteiger partial charge in [-0.3, -0.25) is 4.79 Å². The Labute approximate surface area is 154 Å². The van der Waals surface area contributed by atoms with Crippen LogP contribution in [0.4, 0.5) is 0 Å². The third kappa shape index (κ3) is 4.32. The number of hydrogen-bond donors (Lipinski definition) is 1. The Morgan fingerprint density at radius 2 is 2.20 bits per heavy atom. The van der Waals surface area contributed by atoms with Crippen LogP contribution in [0.25, 0.3) is 0 Å². The number of hydrogen-bond acceptors (Lipinski definition) is 7. The van der Waals surface area contributed by atoms with Gasteiger partial charge in [-0.15, -0.1) is 11.8 Å². The Morgan fingerprint density at radius 3 is 2.76 bits per heavy atom. The van der Waals surface area contributed by atoms with Crippen LogP contribution in [0.3, 0.4) is 0 Å². The van der Waals surface area contributed by atoms with E-state index in [0.29, 0.717) is 29.4 Å². The first-order chi connectivity index (χ1) is 11.8. The van der Waals surface area contributed by atoms with Crippen LogP contribution in [0.1, 0.15) is 20.3 Å². The van der Waals surface area contributed by atoms with Gasteiger partial charge in [0.25, 0.3) is 0 Å². The molecule has 4 atom stereocenters. The minimum atomic E-state index is -1.36. The highest BCUT2D eigenvalue weighted by molar-refractivity contribution is 8.04. The second-order valence-electron chi connectivity index (χ2n) is 6.09. The monoisotopic (exact) mass is 389 g/mol. The standard InChI is InChI=1S/C16H23NO6S2/c1-4-23-12(19)8-25(3)6-5-24-11-7-10-13(9(2)18)15(20)17(10)14(11)16(21)22/h9-10,13,18H,4-8H2,1-3H3/t9-,10?,13?,25?/m1/s1. The van der Waals surface area contributed by atoms with E-state index in [4.69, 9.17) is 4.74 Å². The molecule has 0 aromatic rings. The van der Waals surface area contributed by atoms with Gasteiger partial charge in [0.15, 0.2) is 0 Å². The lowest BCUT2D eigenvalue weighted by Crippen LogP contribution is -2.62. The molecule has 1 N–H and O–H groups in total. The van der Waals surface area contributed by atoms with Gasteiger partial charge in [0, 0.05) is 17.1 Å². The molecule has 140 valence electrons. The van der Waals surface area contributed by atoms with E-state index in [1.807, 2.05) is 6.26 Å². The lowest BCUT2D eigenvalue weighted by molar-refractivity contribution is -0.301. The predicted octanol–water partition coefficient (Wildman–Crippen LogP) is -0.896. The summed E-state index contributed by atoms with van der Waals surface area (Å²) in [5, 5.41) is 21.1. The number of esters is 1. The maximum atomic E-state index is 12.1. The highest BCUT2D eigenvalue weighted by Gasteiger charge is 2.55. The van der Waals surface area contributed by atoms with Crippen LogP contribution in [0.5, 0.6) is 0 Å². The Kier molecular flexibility index (Phi) is 6.81. The summed E-state index contributed by atoms with van der Waals surface area (Å²) in [6.45, 7) is 3.67. The summed E-state index contributed by atoms with van der Waals surface area (Å²) in [5.41, 5.74) is -0.0571. The van der Waals surface area contributed by atoms with Crippen LogP contribution in [0.2, 0.25) is 0 Å². The number of β-lactam (4-membered cyclic amide) rings is 1. The van der Waals surface area contributed by atoms with Crippen molar-refractivity contribution in [2.24, 2.45) is 5.92 Å². The highest BCUT2D eigenvalue weighted by atomic mass is 32.2. The minimum absolute atomic E-state index is 0.0571. The molecule has 0 aromatic heterocycles. The molecule has 1 saturated heterocycles. The third-order valence-electron chi connectivity index (χ3n) is 4.26. The normalized spacial score (nSPS) is 24.6. The number of amides is 1. The van der Waals surface area contributed by atoms with Crippen molar-refractivity contribution < 1.29 is 29.3 Å².